The minimum absolute atomic E-state index is 0.199. The van der Waals surface area contributed by atoms with Gasteiger partial charge in [0, 0.05) is 40.3 Å². The van der Waals surface area contributed by atoms with Crippen LogP contribution in [0.1, 0.15) is 49.8 Å². The van der Waals surface area contributed by atoms with Gasteiger partial charge in [0.15, 0.2) is 0 Å². The number of hydrogen-bond acceptors (Lipinski definition) is 6. The molecule has 1 aromatic carbocycles. The third-order valence-electron chi connectivity index (χ3n) is 5.79. The lowest BCUT2D eigenvalue weighted by Gasteiger charge is -2.23. The smallest absolute Gasteiger partial charge is 0.314 e. The Hall–Kier alpha value is -2.25. The van der Waals surface area contributed by atoms with E-state index in [1.165, 1.54) is 19.8 Å². The van der Waals surface area contributed by atoms with E-state index < -0.39 is 0 Å². The summed E-state index contributed by atoms with van der Waals surface area (Å²) in [5.41, 5.74) is 4.53. The van der Waals surface area contributed by atoms with E-state index in [1.54, 1.807) is 11.8 Å². The molecule has 1 aromatic heterocycles. The van der Waals surface area contributed by atoms with Crippen LogP contribution in [0.2, 0.25) is 0 Å². The predicted octanol–water partition coefficient (Wildman–Crippen LogP) is 4.64. The van der Waals surface area contributed by atoms with Crippen LogP contribution < -0.4 is 0 Å². The second-order valence-electron chi connectivity index (χ2n) is 7.94. The summed E-state index contributed by atoms with van der Waals surface area (Å²) in [7, 11) is 4.99. The lowest BCUT2D eigenvalue weighted by Crippen LogP contribution is -2.24. The maximum atomic E-state index is 12.7. The number of thioether (sulfide) groups is 1. The molecule has 0 saturated carbocycles. The number of carbonyl (C=O) groups is 2. The number of fused-ring (bicyclic) bond motifs is 3. The molecule has 2 aromatic rings. The highest BCUT2D eigenvalue weighted by atomic mass is 32.2. The average molecular weight is 445 g/mol. The maximum absolute atomic E-state index is 12.7. The van der Waals surface area contributed by atoms with E-state index in [9.17, 15) is 9.59 Å². The Balaban J connectivity index is 1.99. The number of aromatic amines is 1. The summed E-state index contributed by atoms with van der Waals surface area (Å²) < 4.78 is 9.89. The largest absolute Gasteiger partial charge is 0.469 e. The van der Waals surface area contributed by atoms with E-state index in [1.807, 2.05) is 0 Å². The summed E-state index contributed by atoms with van der Waals surface area (Å²) in [5.74, 6) is -0.0473. The molecule has 3 rings (SSSR count). The number of esters is 2. The van der Waals surface area contributed by atoms with Crippen LogP contribution in [0.25, 0.3) is 10.9 Å². The molecule has 31 heavy (non-hydrogen) atoms. The molecule has 0 fully saturated rings. The van der Waals surface area contributed by atoms with E-state index in [4.69, 9.17) is 9.47 Å². The predicted molar refractivity (Wildman–Crippen MR) is 124 cm³/mol. The van der Waals surface area contributed by atoms with E-state index in [2.05, 4.69) is 48.1 Å². The molecule has 0 amide bonds. The number of likely N-dealkylation sites (N-methyl/N-ethyl adjacent to an activating group) is 1. The number of benzene rings is 1. The van der Waals surface area contributed by atoms with Crippen LogP contribution in [0.15, 0.2) is 34.7 Å². The van der Waals surface area contributed by atoms with Gasteiger partial charge in [-0.2, -0.15) is 0 Å². The Morgan fingerprint density at radius 1 is 1.23 bits per heavy atom. The van der Waals surface area contributed by atoms with Crippen LogP contribution in [0.3, 0.4) is 0 Å². The quantitative estimate of drug-likeness (QED) is 0.398. The van der Waals surface area contributed by atoms with Crippen molar-refractivity contribution in [2.75, 3.05) is 33.6 Å². The molecular weight excluding hydrogens is 412 g/mol. The molecule has 1 aliphatic rings. The van der Waals surface area contributed by atoms with Crippen molar-refractivity contribution < 1.29 is 19.1 Å². The van der Waals surface area contributed by atoms with Crippen molar-refractivity contribution >= 4 is 34.6 Å². The topological polar surface area (TPSA) is 71.6 Å². The summed E-state index contributed by atoms with van der Waals surface area (Å²) in [6.45, 7) is 3.84. The van der Waals surface area contributed by atoms with Gasteiger partial charge in [-0.25, -0.2) is 0 Å². The van der Waals surface area contributed by atoms with Gasteiger partial charge in [-0.05, 0) is 50.1 Å². The van der Waals surface area contributed by atoms with Crippen LogP contribution in [0.4, 0.5) is 0 Å². The maximum Gasteiger partial charge on any atom is 0.314 e. The first kappa shape index (κ1) is 23.4. The summed E-state index contributed by atoms with van der Waals surface area (Å²) >= 11 is 1.64. The highest BCUT2D eigenvalue weighted by Gasteiger charge is 2.28. The monoisotopic (exact) mass is 444 g/mol. The third kappa shape index (κ3) is 5.71. The number of rotatable bonds is 6. The van der Waals surface area contributed by atoms with E-state index in [0.29, 0.717) is 12.2 Å². The fourth-order valence-corrected chi connectivity index (χ4v) is 5.00. The molecule has 1 aliphatic heterocycles. The molecular formula is C24H32N2O4S. The molecule has 7 heteroatoms. The van der Waals surface area contributed by atoms with Crippen molar-refractivity contribution in [1.29, 1.82) is 0 Å². The fourth-order valence-electron chi connectivity index (χ4n) is 4.13. The molecule has 6 nitrogen and oxygen atoms in total. The van der Waals surface area contributed by atoms with Gasteiger partial charge in [0.05, 0.1) is 26.6 Å². The Labute approximate surface area is 188 Å². The van der Waals surface area contributed by atoms with Gasteiger partial charge in [-0.15, -0.1) is 11.8 Å². The number of methoxy groups -OCH3 is 2. The first-order chi connectivity index (χ1) is 15.0. The van der Waals surface area contributed by atoms with Gasteiger partial charge in [0.25, 0.3) is 0 Å². The third-order valence-corrected chi connectivity index (χ3v) is 6.79. The minimum atomic E-state index is -0.316. The molecule has 1 unspecified atom stereocenters. The van der Waals surface area contributed by atoms with Gasteiger partial charge < -0.3 is 14.5 Å². The Morgan fingerprint density at radius 3 is 2.74 bits per heavy atom. The molecule has 0 spiro atoms. The SMILES string of the molecule is CC/C1=C/CCC(C(=O)OC)c2[nH]c3ccc(SCCC(=O)OC)cc3c2CN(C)C1. The first-order valence-electron chi connectivity index (χ1n) is 10.7. The summed E-state index contributed by atoms with van der Waals surface area (Å²) in [5, 5.41) is 1.13. The molecule has 0 aliphatic carbocycles. The number of hydrogen-bond donors (Lipinski definition) is 1. The van der Waals surface area contributed by atoms with Gasteiger partial charge in [0.1, 0.15) is 0 Å². The van der Waals surface area contributed by atoms with Crippen LogP contribution in [0.5, 0.6) is 0 Å². The van der Waals surface area contributed by atoms with Crippen molar-refractivity contribution in [3.8, 4) is 0 Å². The molecule has 1 N–H and O–H groups in total. The number of nitrogens with zero attached hydrogens (tertiary/aromatic N) is 1. The molecule has 2 heterocycles. The molecule has 168 valence electrons. The first-order valence-corrected chi connectivity index (χ1v) is 11.7. The lowest BCUT2D eigenvalue weighted by atomic mass is 9.93. The average Bonchev–Trinajstić information content (AvgIpc) is 3.12. The molecule has 1 atom stereocenters. The number of carbonyl (C=O) groups excluding carboxylic acids is 2. The normalized spacial score (nSPS) is 19.4. The standard InChI is InChI=1S/C24H32N2O4S/c1-5-16-7-6-8-18(24(28)30-4)23-20(15-26(2)14-16)19-13-17(9-10-21(19)25-23)31-12-11-22(27)29-3/h7,9-10,13,18,25H,5-6,8,11-12,14-15H2,1-4H3/b16-7-. The highest BCUT2D eigenvalue weighted by Crippen LogP contribution is 2.35. The van der Waals surface area contributed by atoms with Gasteiger partial charge in [-0.3, -0.25) is 14.5 Å². The van der Waals surface area contributed by atoms with Gasteiger partial charge in [0.2, 0.25) is 0 Å². The summed E-state index contributed by atoms with van der Waals surface area (Å²) in [6, 6.07) is 6.28. The highest BCUT2D eigenvalue weighted by molar-refractivity contribution is 7.99. The van der Waals surface area contributed by atoms with Crippen LogP contribution in [-0.4, -0.2) is 55.4 Å². The number of allylic oxidation sites excluding steroid dienone is 1. The van der Waals surface area contributed by atoms with Gasteiger partial charge >= 0.3 is 11.9 Å². The second-order valence-corrected chi connectivity index (χ2v) is 9.11. The zero-order valence-corrected chi connectivity index (χ0v) is 19.6. The number of nitrogens with one attached hydrogen (secondary N) is 1. The van der Waals surface area contributed by atoms with Crippen LogP contribution in [-0.2, 0) is 25.6 Å². The van der Waals surface area contributed by atoms with Crippen LogP contribution in [0, 0.1) is 0 Å². The van der Waals surface area contributed by atoms with E-state index in [0.717, 1.165) is 59.4 Å². The molecule has 0 bridgehead atoms. The Bertz CT molecular complexity index is 966. The Kier molecular flexibility index (Phi) is 8.21. The van der Waals surface area contributed by atoms with Crippen molar-refractivity contribution in [3.05, 3.63) is 41.1 Å². The lowest BCUT2D eigenvalue weighted by molar-refractivity contribution is -0.143. The van der Waals surface area contributed by atoms with Crippen molar-refractivity contribution in [2.24, 2.45) is 0 Å². The number of H-pyrrole nitrogens is 1. The zero-order valence-electron chi connectivity index (χ0n) is 18.8. The zero-order chi connectivity index (χ0) is 22.4. The minimum Gasteiger partial charge on any atom is -0.469 e. The van der Waals surface area contributed by atoms with E-state index in [-0.39, 0.29) is 17.9 Å². The van der Waals surface area contributed by atoms with Crippen LogP contribution >= 0.6 is 11.8 Å². The van der Waals surface area contributed by atoms with Crippen molar-refractivity contribution in [1.82, 2.24) is 9.88 Å². The summed E-state index contributed by atoms with van der Waals surface area (Å²) in [6.07, 6.45) is 5.23. The fraction of sp³-hybridized carbons (Fsp3) is 0.500. The van der Waals surface area contributed by atoms with Crippen molar-refractivity contribution in [3.63, 3.8) is 0 Å². The van der Waals surface area contributed by atoms with E-state index >= 15 is 0 Å². The molecule has 0 saturated heterocycles. The molecule has 0 radical (unpaired) electrons. The van der Waals surface area contributed by atoms with Crippen molar-refractivity contribution in [2.45, 2.75) is 50.0 Å². The Morgan fingerprint density at radius 2 is 2.03 bits per heavy atom. The number of ether oxygens (including phenoxy) is 2. The number of aromatic nitrogens is 1. The van der Waals surface area contributed by atoms with Gasteiger partial charge in [-0.1, -0.05) is 18.6 Å². The summed E-state index contributed by atoms with van der Waals surface area (Å²) in [4.78, 5) is 31.0. The second kappa shape index (κ2) is 10.9.